The molecule has 0 bridgehead atoms. The number of imidazole rings is 1. The zero-order chi connectivity index (χ0) is 44.3. The number of nitrogens with zero attached hydrogens (tertiary/aromatic N) is 6. The first-order valence-corrected chi connectivity index (χ1v) is 20.1. The molecule has 3 aliphatic heterocycles. The lowest BCUT2D eigenvalue weighted by Crippen LogP contribution is -2.54. The summed E-state index contributed by atoms with van der Waals surface area (Å²) in [5.74, 6) is -2.03. The number of nitrogens with one attached hydrogen (secondary N) is 4. The minimum Gasteiger partial charge on any atom is -0.453 e. The van der Waals surface area contributed by atoms with Crippen LogP contribution >= 0.6 is 0 Å². The maximum Gasteiger partial charge on any atom is 0.573 e. The molecular formula is C42H46F4N10O6. The highest BCUT2D eigenvalue weighted by Crippen LogP contribution is 2.39. The number of alkyl carbamates (subject to hydrolysis) is 1. The van der Waals surface area contributed by atoms with Gasteiger partial charge in [-0.3, -0.25) is 19.4 Å². The van der Waals surface area contributed by atoms with E-state index in [9.17, 15) is 32.3 Å². The third-order valence-electron chi connectivity index (χ3n) is 11.1. The maximum atomic E-state index is 15.6. The zero-order valence-corrected chi connectivity index (χ0v) is 34.3. The molecular weight excluding hydrogens is 817 g/mol. The van der Waals surface area contributed by atoms with Crippen molar-refractivity contribution in [1.29, 1.82) is 0 Å². The van der Waals surface area contributed by atoms with Crippen LogP contribution in [-0.4, -0.2) is 119 Å². The number of anilines is 2. The van der Waals surface area contributed by atoms with Gasteiger partial charge in [0.2, 0.25) is 5.91 Å². The molecule has 2 aromatic heterocycles. The molecule has 3 aliphatic rings. The average molecular weight is 863 g/mol. The van der Waals surface area contributed by atoms with E-state index in [4.69, 9.17) is 9.73 Å². The molecule has 4 atom stereocenters. The molecule has 1 unspecified atom stereocenters. The smallest absolute Gasteiger partial charge is 0.453 e. The highest BCUT2D eigenvalue weighted by molar-refractivity contribution is 6.04. The van der Waals surface area contributed by atoms with Gasteiger partial charge < -0.3 is 45.1 Å². The largest absolute Gasteiger partial charge is 0.573 e. The number of aromatic nitrogens is 3. The first kappa shape index (κ1) is 43.4. The predicted molar refractivity (Wildman–Crippen MR) is 219 cm³/mol. The minimum absolute atomic E-state index is 0.0286. The quantitative estimate of drug-likeness (QED) is 0.140. The van der Waals surface area contributed by atoms with Crippen molar-refractivity contribution in [3.05, 3.63) is 89.9 Å². The van der Waals surface area contributed by atoms with Crippen LogP contribution in [0.15, 0.2) is 72.2 Å². The molecule has 4 amide bonds. The number of alkyl halides is 3. The zero-order valence-electron chi connectivity index (χ0n) is 34.3. The van der Waals surface area contributed by atoms with Crippen molar-refractivity contribution in [2.75, 3.05) is 50.1 Å². The summed E-state index contributed by atoms with van der Waals surface area (Å²) in [6, 6.07) is 9.49. The molecule has 2 fully saturated rings. The number of rotatable bonds is 11. The third kappa shape index (κ3) is 9.58. The van der Waals surface area contributed by atoms with Crippen LogP contribution in [0.3, 0.4) is 0 Å². The number of pyridine rings is 1. The Balaban J connectivity index is 1.03. The number of amides is 4. The Labute approximate surface area is 354 Å². The predicted octanol–water partition coefficient (Wildman–Crippen LogP) is 5.53. The number of aromatic amines is 1. The van der Waals surface area contributed by atoms with E-state index < -0.39 is 41.7 Å². The number of carbonyl (C=O) groups excluding carboxylic acids is 4. The van der Waals surface area contributed by atoms with Gasteiger partial charge in [-0.15, -0.1) is 13.2 Å². The van der Waals surface area contributed by atoms with Gasteiger partial charge in [0.1, 0.15) is 35.0 Å². The number of carbonyl (C=O) groups is 4. The molecule has 5 heterocycles. The Bertz CT molecular complexity index is 2310. The molecule has 328 valence electrons. The van der Waals surface area contributed by atoms with Gasteiger partial charge in [-0.05, 0) is 55.0 Å². The fourth-order valence-electron chi connectivity index (χ4n) is 7.92. The van der Waals surface area contributed by atoms with Crippen LogP contribution in [0.5, 0.6) is 5.75 Å². The van der Waals surface area contributed by atoms with E-state index in [1.54, 1.807) is 28.0 Å². The average Bonchev–Trinajstić information content (AvgIpc) is 4.06. The van der Waals surface area contributed by atoms with Gasteiger partial charge >= 0.3 is 12.5 Å². The van der Waals surface area contributed by atoms with Crippen LogP contribution in [0.4, 0.5) is 33.9 Å². The van der Waals surface area contributed by atoms with Crippen LogP contribution in [0.1, 0.15) is 66.1 Å². The van der Waals surface area contributed by atoms with E-state index in [1.807, 2.05) is 25.7 Å². The number of H-pyrrole nitrogens is 1. The molecule has 0 aliphatic carbocycles. The van der Waals surface area contributed by atoms with Crippen LogP contribution in [0.25, 0.3) is 11.1 Å². The highest BCUT2D eigenvalue weighted by atomic mass is 19.4. The summed E-state index contributed by atoms with van der Waals surface area (Å²) >= 11 is 0. The number of benzene rings is 2. The van der Waals surface area contributed by atoms with Crippen LogP contribution < -0.4 is 25.6 Å². The molecule has 0 radical (unpaired) electrons. The summed E-state index contributed by atoms with van der Waals surface area (Å²) in [7, 11) is 1.23. The summed E-state index contributed by atoms with van der Waals surface area (Å²) in [6.07, 6.45) is -0.187. The topological polar surface area (TPSA) is 186 Å². The van der Waals surface area contributed by atoms with Crippen molar-refractivity contribution >= 4 is 41.2 Å². The minimum atomic E-state index is -5.14. The number of hydrogen-bond donors (Lipinski definition) is 4. The van der Waals surface area contributed by atoms with Crippen molar-refractivity contribution in [3.8, 4) is 16.9 Å². The monoisotopic (exact) mass is 862 g/mol. The van der Waals surface area contributed by atoms with E-state index in [1.165, 1.54) is 44.0 Å². The van der Waals surface area contributed by atoms with E-state index in [0.717, 1.165) is 24.1 Å². The van der Waals surface area contributed by atoms with Crippen molar-refractivity contribution in [3.63, 3.8) is 0 Å². The number of piperazine rings is 1. The second-order valence-electron chi connectivity index (χ2n) is 15.6. The lowest BCUT2D eigenvalue weighted by molar-refractivity contribution is -0.274. The van der Waals surface area contributed by atoms with Gasteiger partial charge in [0, 0.05) is 62.8 Å². The number of ether oxygens (including phenoxy) is 2. The Hall–Kier alpha value is -6.73. The summed E-state index contributed by atoms with van der Waals surface area (Å²) in [4.78, 5) is 72.9. The molecule has 4 N–H and O–H groups in total. The number of halogens is 4. The lowest BCUT2D eigenvalue weighted by Gasteiger charge is -2.40. The van der Waals surface area contributed by atoms with Crippen LogP contribution in [0, 0.1) is 11.7 Å². The molecule has 7 rings (SSSR count). The van der Waals surface area contributed by atoms with Gasteiger partial charge in [0.05, 0.1) is 36.8 Å². The van der Waals surface area contributed by atoms with Crippen molar-refractivity contribution < 1.29 is 46.2 Å². The molecule has 2 aromatic carbocycles. The summed E-state index contributed by atoms with van der Waals surface area (Å²) < 4.78 is 65.8. The summed E-state index contributed by atoms with van der Waals surface area (Å²) in [5, 5.41) is 8.26. The Morgan fingerprint density at radius 1 is 1.00 bits per heavy atom. The molecule has 20 heteroatoms. The number of amidine groups is 1. The van der Waals surface area contributed by atoms with E-state index in [0.29, 0.717) is 56.5 Å². The summed E-state index contributed by atoms with van der Waals surface area (Å²) in [5.41, 5.74) is 0.539. The Morgan fingerprint density at radius 2 is 1.77 bits per heavy atom. The normalized spacial score (nSPS) is 19.5. The molecule has 16 nitrogen and oxygen atoms in total. The van der Waals surface area contributed by atoms with Gasteiger partial charge in [-0.25, -0.2) is 19.2 Å². The molecule has 62 heavy (non-hydrogen) atoms. The second-order valence-corrected chi connectivity index (χ2v) is 15.6. The Morgan fingerprint density at radius 3 is 2.42 bits per heavy atom. The van der Waals surface area contributed by atoms with Crippen molar-refractivity contribution in [2.45, 2.75) is 64.1 Å². The van der Waals surface area contributed by atoms with E-state index in [-0.39, 0.29) is 52.5 Å². The maximum absolute atomic E-state index is 15.6. The standard InChI is InChI=1S/C42H46F4N10O6/c1-23(2)36(53-41(60)61-4)40(59)56-13-5-6-33(56)37-49-20-31(51-37)26-9-7-25(8-10-26)28-16-29(43)30(17-34(28)62-42(44,45)46)52-38(57)27-11-12-35(48-18-27)55-15-14-54(21-24(55)3)39(58)32-19-47-22-50-32/h7-12,16-19,22-24,31,33,36H,5-6,13-15,20-21H2,1-4H3,(H,47,50)(H,49,51)(H,52,57)(H,53,60)/t24-,31?,33+,36+/m1/s1. The Kier molecular flexibility index (Phi) is 12.7. The van der Waals surface area contributed by atoms with Gasteiger partial charge in [0.15, 0.2) is 0 Å². The summed E-state index contributed by atoms with van der Waals surface area (Å²) in [6.45, 7) is 7.76. The van der Waals surface area contributed by atoms with E-state index in [2.05, 4.69) is 35.6 Å². The van der Waals surface area contributed by atoms with Crippen LogP contribution in [0.2, 0.25) is 0 Å². The number of methoxy groups -OCH3 is 1. The number of hydrogen-bond acceptors (Lipinski definition) is 11. The van der Waals surface area contributed by atoms with Crippen LogP contribution in [-0.2, 0) is 9.53 Å². The molecule has 4 aromatic rings. The number of aliphatic imine (C=N–C) groups is 1. The van der Waals surface area contributed by atoms with Gasteiger partial charge in [0.25, 0.3) is 11.8 Å². The third-order valence-corrected chi connectivity index (χ3v) is 11.1. The fraction of sp³-hybridized carbons (Fsp3) is 0.405. The van der Waals surface area contributed by atoms with Gasteiger partial charge in [-0.2, -0.15) is 0 Å². The number of likely N-dealkylation sites (tertiary alicyclic amines) is 1. The van der Waals surface area contributed by atoms with E-state index >= 15 is 4.39 Å². The van der Waals surface area contributed by atoms with Crippen molar-refractivity contribution in [2.24, 2.45) is 10.9 Å². The first-order chi connectivity index (χ1) is 29.6. The molecule has 0 saturated carbocycles. The lowest BCUT2D eigenvalue weighted by atomic mass is 9.99. The molecule has 0 spiro atoms. The highest BCUT2D eigenvalue weighted by Gasteiger charge is 2.40. The molecule has 2 saturated heterocycles. The van der Waals surface area contributed by atoms with Gasteiger partial charge in [-0.1, -0.05) is 38.1 Å². The fourth-order valence-corrected chi connectivity index (χ4v) is 7.92. The first-order valence-electron chi connectivity index (χ1n) is 20.1. The van der Waals surface area contributed by atoms with Crippen molar-refractivity contribution in [1.82, 2.24) is 35.4 Å². The SMILES string of the molecule is COC(=O)N[C@H](C(=O)N1CCC[C@H]1C1=NC(c2ccc(-c3cc(F)c(NC(=O)c4ccc(N5CCN(C(=O)c6c[nH]cn6)C[C@H]5C)nc4)cc3OC(F)(F)F)cc2)CN1)C(C)C. The second kappa shape index (κ2) is 18.1.